The number of hydrogen-bond acceptors (Lipinski definition) is 2. The van der Waals surface area contributed by atoms with Crippen LogP contribution in [0.4, 0.5) is 0 Å². The van der Waals surface area contributed by atoms with Crippen LogP contribution in [0.3, 0.4) is 0 Å². The van der Waals surface area contributed by atoms with Crippen LogP contribution in [0.5, 0.6) is 0 Å². The van der Waals surface area contributed by atoms with Gasteiger partial charge in [-0.1, -0.05) is 28.1 Å². The summed E-state index contributed by atoms with van der Waals surface area (Å²) in [5.41, 5.74) is 2.19. The van der Waals surface area contributed by atoms with E-state index in [-0.39, 0.29) is 5.91 Å². The van der Waals surface area contributed by atoms with Gasteiger partial charge in [0.2, 0.25) is 5.91 Å². The van der Waals surface area contributed by atoms with E-state index in [1.54, 1.807) is 10.9 Å². The molecule has 1 heterocycles. The molecule has 0 radical (unpaired) electrons. The fourth-order valence-corrected chi connectivity index (χ4v) is 2.19. The van der Waals surface area contributed by atoms with Gasteiger partial charge >= 0.3 is 0 Å². The summed E-state index contributed by atoms with van der Waals surface area (Å²) >= 11 is 3.41. The second-order valence-electron chi connectivity index (χ2n) is 4.44. The van der Waals surface area contributed by atoms with Crippen LogP contribution in [0.25, 0.3) is 0 Å². The first-order valence-electron chi connectivity index (χ1n) is 6.14. The maximum atomic E-state index is 11.7. The standard InChI is InChI=1S/C14H16BrN3O/c1-11-8-17-18(10-11)6-5-14(19)16-9-12-3-2-4-13(15)7-12/h2-4,7-8,10H,5-6,9H2,1H3,(H,16,19). The Morgan fingerprint density at radius 3 is 3.00 bits per heavy atom. The first kappa shape index (κ1) is 13.8. The van der Waals surface area contributed by atoms with E-state index in [4.69, 9.17) is 0 Å². The average molecular weight is 322 g/mol. The Hall–Kier alpha value is -1.62. The SMILES string of the molecule is Cc1cnn(CCC(=O)NCc2cccc(Br)c2)c1. The maximum Gasteiger partial charge on any atom is 0.222 e. The van der Waals surface area contributed by atoms with Gasteiger partial charge < -0.3 is 5.32 Å². The van der Waals surface area contributed by atoms with Gasteiger partial charge in [0.05, 0.1) is 6.20 Å². The molecule has 4 nitrogen and oxygen atoms in total. The van der Waals surface area contributed by atoms with Gasteiger partial charge in [-0.25, -0.2) is 0 Å². The number of aryl methyl sites for hydroxylation is 2. The summed E-state index contributed by atoms with van der Waals surface area (Å²) in [6.45, 7) is 3.14. The highest BCUT2D eigenvalue weighted by Crippen LogP contribution is 2.11. The van der Waals surface area contributed by atoms with Gasteiger partial charge in [0.15, 0.2) is 0 Å². The molecule has 0 bridgehead atoms. The van der Waals surface area contributed by atoms with Crippen LogP contribution in [0.2, 0.25) is 0 Å². The summed E-state index contributed by atoms with van der Waals surface area (Å²) in [4.78, 5) is 11.7. The van der Waals surface area contributed by atoms with Crippen LogP contribution >= 0.6 is 15.9 Å². The highest BCUT2D eigenvalue weighted by atomic mass is 79.9. The number of carbonyl (C=O) groups is 1. The Balaban J connectivity index is 1.75. The lowest BCUT2D eigenvalue weighted by molar-refractivity contribution is -0.121. The third kappa shape index (κ3) is 4.52. The summed E-state index contributed by atoms with van der Waals surface area (Å²) in [6.07, 6.45) is 4.16. The highest BCUT2D eigenvalue weighted by molar-refractivity contribution is 9.10. The minimum atomic E-state index is 0.0353. The van der Waals surface area contributed by atoms with Crippen LogP contribution in [-0.2, 0) is 17.9 Å². The quantitative estimate of drug-likeness (QED) is 0.920. The van der Waals surface area contributed by atoms with Crippen molar-refractivity contribution in [3.63, 3.8) is 0 Å². The van der Waals surface area contributed by atoms with Gasteiger partial charge in [0, 0.05) is 30.2 Å². The molecule has 0 saturated carbocycles. The van der Waals surface area contributed by atoms with E-state index in [9.17, 15) is 4.79 Å². The normalized spacial score (nSPS) is 10.4. The second kappa shape index (κ2) is 6.52. The van der Waals surface area contributed by atoms with E-state index < -0.39 is 0 Å². The summed E-state index contributed by atoms with van der Waals surface area (Å²) in [5.74, 6) is 0.0353. The molecule has 0 atom stereocenters. The van der Waals surface area contributed by atoms with Crippen LogP contribution in [0.1, 0.15) is 17.5 Å². The van der Waals surface area contributed by atoms with Crippen LogP contribution in [0, 0.1) is 6.92 Å². The third-order valence-corrected chi connectivity index (χ3v) is 3.20. The monoisotopic (exact) mass is 321 g/mol. The van der Waals surface area contributed by atoms with Crippen molar-refractivity contribution in [1.29, 1.82) is 0 Å². The lowest BCUT2D eigenvalue weighted by Gasteiger charge is -2.06. The smallest absolute Gasteiger partial charge is 0.222 e. The summed E-state index contributed by atoms with van der Waals surface area (Å²) in [5, 5.41) is 7.05. The first-order valence-corrected chi connectivity index (χ1v) is 6.93. The number of halogens is 1. The fourth-order valence-electron chi connectivity index (χ4n) is 1.74. The highest BCUT2D eigenvalue weighted by Gasteiger charge is 2.03. The number of nitrogens with one attached hydrogen (secondary N) is 1. The molecule has 0 aliphatic rings. The van der Waals surface area contributed by atoms with Gasteiger partial charge in [0.1, 0.15) is 0 Å². The Morgan fingerprint density at radius 2 is 2.32 bits per heavy atom. The lowest BCUT2D eigenvalue weighted by Crippen LogP contribution is -2.24. The zero-order valence-corrected chi connectivity index (χ0v) is 12.4. The molecular formula is C14H16BrN3O. The number of nitrogens with zero attached hydrogens (tertiary/aromatic N) is 2. The van der Waals surface area contributed by atoms with Crippen molar-refractivity contribution in [1.82, 2.24) is 15.1 Å². The van der Waals surface area contributed by atoms with E-state index in [0.29, 0.717) is 19.5 Å². The molecule has 0 saturated heterocycles. The van der Waals surface area contributed by atoms with Crippen LogP contribution in [-0.4, -0.2) is 15.7 Å². The van der Waals surface area contributed by atoms with Crippen molar-refractivity contribution in [2.45, 2.75) is 26.4 Å². The third-order valence-electron chi connectivity index (χ3n) is 2.71. The molecule has 0 aliphatic carbocycles. The van der Waals surface area contributed by atoms with Gasteiger partial charge in [-0.3, -0.25) is 9.48 Å². The lowest BCUT2D eigenvalue weighted by atomic mass is 10.2. The molecule has 2 rings (SSSR count). The second-order valence-corrected chi connectivity index (χ2v) is 5.35. The van der Waals surface area contributed by atoms with Crippen molar-refractivity contribution in [3.05, 3.63) is 52.3 Å². The fraction of sp³-hybridized carbons (Fsp3) is 0.286. The van der Waals surface area contributed by atoms with E-state index in [0.717, 1.165) is 15.6 Å². The van der Waals surface area contributed by atoms with E-state index >= 15 is 0 Å². The minimum Gasteiger partial charge on any atom is -0.352 e. The van der Waals surface area contributed by atoms with Crippen LogP contribution in [0.15, 0.2) is 41.1 Å². The van der Waals surface area contributed by atoms with Crippen molar-refractivity contribution < 1.29 is 4.79 Å². The predicted molar refractivity (Wildman–Crippen MR) is 77.6 cm³/mol. The van der Waals surface area contributed by atoms with Crippen molar-refractivity contribution in [2.75, 3.05) is 0 Å². The van der Waals surface area contributed by atoms with E-state index in [1.165, 1.54) is 0 Å². The Labute approximate surface area is 120 Å². The molecule has 100 valence electrons. The Bertz CT molecular complexity index is 565. The molecule has 19 heavy (non-hydrogen) atoms. The molecule has 0 fully saturated rings. The van der Waals surface area contributed by atoms with Gasteiger partial charge in [-0.15, -0.1) is 0 Å². The topological polar surface area (TPSA) is 46.9 Å². The van der Waals surface area contributed by atoms with E-state index in [2.05, 4.69) is 26.3 Å². The van der Waals surface area contributed by atoms with Crippen LogP contribution < -0.4 is 5.32 Å². The summed E-state index contributed by atoms with van der Waals surface area (Å²) in [6, 6.07) is 7.91. The zero-order valence-electron chi connectivity index (χ0n) is 10.8. The summed E-state index contributed by atoms with van der Waals surface area (Å²) in [7, 11) is 0. The van der Waals surface area contributed by atoms with E-state index in [1.807, 2.05) is 37.4 Å². The van der Waals surface area contributed by atoms with Gasteiger partial charge in [0.25, 0.3) is 0 Å². The van der Waals surface area contributed by atoms with Gasteiger partial charge in [-0.05, 0) is 30.2 Å². The summed E-state index contributed by atoms with van der Waals surface area (Å²) < 4.78 is 2.81. The molecule has 2 aromatic rings. The maximum absolute atomic E-state index is 11.7. The predicted octanol–water partition coefficient (Wildman–Crippen LogP) is 2.66. The molecule has 0 unspecified atom stereocenters. The average Bonchev–Trinajstić information content (AvgIpc) is 2.80. The molecule has 5 heteroatoms. The number of carbonyl (C=O) groups excluding carboxylic acids is 1. The Morgan fingerprint density at radius 1 is 1.47 bits per heavy atom. The molecule has 0 aliphatic heterocycles. The molecular weight excluding hydrogens is 306 g/mol. The minimum absolute atomic E-state index is 0.0353. The molecule has 1 N–H and O–H groups in total. The number of aromatic nitrogens is 2. The van der Waals surface area contributed by atoms with Crippen molar-refractivity contribution in [2.24, 2.45) is 0 Å². The Kier molecular flexibility index (Phi) is 4.74. The number of hydrogen-bond donors (Lipinski definition) is 1. The van der Waals surface area contributed by atoms with Crippen molar-refractivity contribution in [3.8, 4) is 0 Å². The number of amides is 1. The van der Waals surface area contributed by atoms with Gasteiger partial charge in [-0.2, -0.15) is 5.10 Å². The number of benzene rings is 1. The zero-order chi connectivity index (χ0) is 13.7. The molecule has 0 spiro atoms. The first-order chi connectivity index (χ1) is 9.13. The largest absolute Gasteiger partial charge is 0.352 e. The molecule has 1 aromatic heterocycles. The molecule has 1 amide bonds. The number of rotatable bonds is 5. The van der Waals surface area contributed by atoms with Crippen molar-refractivity contribution >= 4 is 21.8 Å². The molecule has 1 aromatic carbocycles.